The van der Waals surface area contributed by atoms with E-state index in [-0.39, 0.29) is 58.9 Å². The van der Waals surface area contributed by atoms with Crippen LogP contribution in [0.25, 0.3) is 0 Å². The van der Waals surface area contributed by atoms with Gasteiger partial charge in [-0.3, -0.25) is 0 Å². The third-order valence-electron chi connectivity index (χ3n) is 8.89. The molecule has 0 unspecified atom stereocenters. The average molecular weight is 708 g/mol. The molecule has 0 aliphatic carbocycles. The molecule has 0 atom stereocenters. The second kappa shape index (κ2) is 16.2. The summed E-state index contributed by atoms with van der Waals surface area (Å²) in [6, 6.07) is 13.8. The van der Waals surface area contributed by atoms with Crippen molar-refractivity contribution < 1.29 is 73.1 Å². The van der Waals surface area contributed by atoms with Gasteiger partial charge < -0.3 is 51.4 Å². The van der Waals surface area contributed by atoms with E-state index in [1.54, 1.807) is 21.3 Å². The molecule has 0 aliphatic rings. The molecule has 0 aliphatic heterocycles. The fraction of sp³-hybridized carbons (Fsp3) is 0.361. The Hall–Kier alpha value is -1.79. The number of methoxy groups -OCH3 is 3. The van der Waals surface area contributed by atoms with Gasteiger partial charge in [-0.25, -0.2) is 0 Å². The zero-order valence-corrected chi connectivity index (χ0v) is 33.2. The van der Waals surface area contributed by atoms with Crippen LogP contribution < -0.4 is 72.2 Å². The van der Waals surface area contributed by atoms with Crippen molar-refractivity contribution in [3.05, 3.63) is 92.0 Å². The van der Waals surface area contributed by atoms with Crippen LogP contribution in [0.5, 0.6) is 17.2 Å². The minimum atomic E-state index is -3.16. The summed E-state index contributed by atoms with van der Waals surface area (Å²) in [5, 5.41) is 5.10. The Morgan fingerprint density at radius 2 is 0.705 bits per heavy atom. The van der Waals surface area contributed by atoms with Gasteiger partial charge in [-0.05, 0) is 73.8 Å². The van der Waals surface area contributed by atoms with Crippen LogP contribution in [0.15, 0.2) is 36.4 Å². The third kappa shape index (κ3) is 6.68. The van der Waals surface area contributed by atoms with Crippen LogP contribution >= 0.6 is 0 Å². The van der Waals surface area contributed by atoms with Crippen molar-refractivity contribution in [2.75, 3.05) is 21.3 Å². The van der Waals surface area contributed by atoms with Gasteiger partial charge >= 0.3 is 21.7 Å². The van der Waals surface area contributed by atoms with Crippen molar-refractivity contribution in [3.63, 3.8) is 0 Å². The molecule has 8 heteroatoms. The Morgan fingerprint density at radius 3 is 0.932 bits per heavy atom. The molecule has 4 aromatic rings. The monoisotopic (exact) mass is 706 g/mol. The van der Waals surface area contributed by atoms with E-state index in [4.69, 9.17) is 14.2 Å². The number of ether oxygens (including phenoxy) is 3. The molecule has 236 valence electrons. The van der Waals surface area contributed by atoms with E-state index in [0.717, 1.165) is 33.9 Å². The normalized spacial score (nSPS) is 10.6. The summed E-state index contributed by atoms with van der Waals surface area (Å²) in [5.41, 5.74) is 12.4. The molecule has 0 aromatic heterocycles. The van der Waals surface area contributed by atoms with E-state index in [1.807, 2.05) is 0 Å². The predicted octanol–water partition coefficient (Wildman–Crippen LogP) is -3.10. The Bertz CT molecular complexity index is 1460. The van der Waals surface area contributed by atoms with E-state index in [2.05, 4.69) is 106 Å². The summed E-state index contributed by atoms with van der Waals surface area (Å²) in [6.45, 7) is 22.2. The first kappa shape index (κ1) is 42.2. The fourth-order valence-electron chi connectivity index (χ4n) is 7.13. The molecule has 0 bridgehead atoms. The van der Waals surface area contributed by atoms with Gasteiger partial charge in [0.2, 0.25) is 0 Å². The van der Waals surface area contributed by atoms with E-state index < -0.39 is 8.07 Å². The summed E-state index contributed by atoms with van der Waals surface area (Å²) in [5.74, 6) is 2.82. The van der Waals surface area contributed by atoms with E-state index in [1.165, 1.54) is 59.7 Å². The van der Waals surface area contributed by atoms with Crippen LogP contribution in [0.1, 0.15) is 55.6 Å². The van der Waals surface area contributed by atoms with Crippen LogP contribution in [-0.4, -0.2) is 29.4 Å². The zero-order valence-electron chi connectivity index (χ0n) is 28.3. The molecular formula is C36H45Cl3O3SiTi. The standard InChI is InChI=1S/C36H45O3Si.3ClH.Ti/c1-20-14-23(4)33(37-11)30(17-20)40(36-28(9)26(7)27(8)29(36)10,31-18-21(2)15-24(5)34(31)38-12)32-19-22(3)16-25(6)35(32)39-13;;;;/h14-19H,1-13H3;3*1H;/q-1;;;;+4/p-3. The molecule has 4 rings (SSSR count). The Morgan fingerprint density at radius 1 is 0.455 bits per heavy atom. The molecule has 0 N–H and O–H groups in total. The molecule has 0 radical (unpaired) electrons. The van der Waals surface area contributed by atoms with Crippen LogP contribution in [-0.2, 0) is 21.7 Å². The summed E-state index contributed by atoms with van der Waals surface area (Å²) >= 11 is 0. The SMILES string of the molecule is COc1c(C)cc(C)cc1[Si](c1cc(C)cc(C)c1OC)(c1cc(C)cc(C)c1OC)[c-]1c(C)c(C)c(C)c1C.[Cl-].[Cl-].[Cl-].[Ti+4]. The molecule has 4 aromatic carbocycles. The smallest absolute Gasteiger partial charge is 1.00 e. The number of benzene rings is 3. The number of hydrogen-bond acceptors (Lipinski definition) is 3. The van der Waals surface area contributed by atoms with Gasteiger partial charge in [0.1, 0.15) is 25.3 Å². The van der Waals surface area contributed by atoms with Gasteiger partial charge in [0, 0.05) is 0 Å². The van der Waals surface area contributed by atoms with Gasteiger partial charge in [-0.15, -0.1) is 5.19 Å². The molecule has 0 saturated carbocycles. The minimum Gasteiger partial charge on any atom is -1.00 e. The predicted molar refractivity (Wildman–Crippen MR) is 173 cm³/mol. The molecule has 0 saturated heterocycles. The second-order valence-electron chi connectivity index (χ2n) is 11.6. The summed E-state index contributed by atoms with van der Waals surface area (Å²) in [7, 11) is 2.25. The van der Waals surface area contributed by atoms with Crippen molar-refractivity contribution in [1.82, 2.24) is 0 Å². The van der Waals surface area contributed by atoms with Crippen molar-refractivity contribution in [1.29, 1.82) is 0 Å². The summed E-state index contributed by atoms with van der Waals surface area (Å²) < 4.78 is 19.0. The maximum atomic E-state index is 6.34. The molecule has 44 heavy (non-hydrogen) atoms. The van der Waals surface area contributed by atoms with E-state index in [0.29, 0.717) is 0 Å². The van der Waals surface area contributed by atoms with Crippen LogP contribution in [0.3, 0.4) is 0 Å². The number of hydrogen-bond donors (Lipinski definition) is 0. The van der Waals surface area contributed by atoms with Crippen molar-refractivity contribution >= 4 is 28.8 Å². The van der Waals surface area contributed by atoms with Gasteiger partial charge in [0.05, 0.1) is 21.3 Å². The van der Waals surface area contributed by atoms with Gasteiger partial charge in [0.15, 0.2) is 0 Å². The van der Waals surface area contributed by atoms with Crippen LogP contribution in [0, 0.1) is 69.2 Å². The molecule has 0 amide bonds. The number of aryl methyl sites for hydroxylation is 6. The maximum Gasteiger partial charge on any atom is 4.00 e. The van der Waals surface area contributed by atoms with Crippen molar-refractivity contribution in [3.8, 4) is 17.2 Å². The average Bonchev–Trinajstić information content (AvgIpc) is 3.07. The third-order valence-corrected chi connectivity index (χ3v) is 13.9. The Labute approximate surface area is 300 Å². The van der Waals surface area contributed by atoms with Crippen LogP contribution in [0.2, 0.25) is 0 Å². The second-order valence-corrected chi connectivity index (χ2v) is 15.2. The Balaban J connectivity index is 0.00000462. The Kier molecular flexibility index (Phi) is 15.5. The molecule has 3 nitrogen and oxygen atoms in total. The summed E-state index contributed by atoms with van der Waals surface area (Å²) in [4.78, 5) is 0. The number of halogens is 3. The topological polar surface area (TPSA) is 27.7 Å². The van der Waals surface area contributed by atoms with Gasteiger partial charge in [0.25, 0.3) is 0 Å². The quantitative estimate of drug-likeness (QED) is 0.116. The minimum absolute atomic E-state index is 0. The number of rotatable bonds is 7. The van der Waals surface area contributed by atoms with Crippen LogP contribution in [0.4, 0.5) is 0 Å². The van der Waals surface area contributed by atoms with E-state index in [9.17, 15) is 0 Å². The van der Waals surface area contributed by atoms with Gasteiger partial charge in [-0.1, -0.05) is 80.8 Å². The first-order valence-electron chi connectivity index (χ1n) is 14.1. The first-order chi connectivity index (χ1) is 18.8. The van der Waals surface area contributed by atoms with Crippen molar-refractivity contribution in [2.45, 2.75) is 69.2 Å². The van der Waals surface area contributed by atoms with Gasteiger partial charge in [-0.2, -0.15) is 22.3 Å². The maximum absolute atomic E-state index is 6.34. The first-order valence-corrected chi connectivity index (χ1v) is 16.1. The zero-order chi connectivity index (χ0) is 29.7. The van der Waals surface area contributed by atoms with E-state index >= 15 is 0 Å². The largest absolute Gasteiger partial charge is 4.00 e. The molecular weight excluding hydrogens is 663 g/mol. The molecule has 0 fully saturated rings. The molecule has 0 heterocycles. The van der Waals surface area contributed by atoms with Crippen molar-refractivity contribution in [2.24, 2.45) is 0 Å². The summed E-state index contributed by atoms with van der Waals surface area (Å²) in [6.07, 6.45) is 0. The molecule has 0 spiro atoms. The fourth-order valence-corrected chi connectivity index (χ4v) is 13.6.